The van der Waals surface area contributed by atoms with Gasteiger partial charge in [-0.15, -0.1) is 0 Å². The van der Waals surface area contributed by atoms with Crippen LogP contribution >= 0.6 is 0 Å². The lowest BCUT2D eigenvalue weighted by Crippen LogP contribution is -2.45. The van der Waals surface area contributed by atoms with Crippen LogP contribution in [0.4, 0.5) is 10.5 Å². The number of nitrogens with one attached hydrogen (secondary N) is 3. The molecule has 1 atom stereocenters. The predicted molar refractivity (Wildman–Crippen MR) is 127 cm³/mol. The number of fused-ring (bicyclic) bond motifs is 1. The molecule has 1 unspecified atom stereocenters. The molecule has 0 aromatic heterocycles. The molecule has 2 aromatic carbocycles. The van der Waals surface area contributed by atoms with Gasteiger partial charge in [-0.25, -0.2) is 4.79 Å². The van der Waals surface area contributed by atoms with Gasteiger partial charge in [-0.1, -0.05) is 30.3 Å². The van der Waals surface area contributed by atoms with E-state index < -0.39 is 12.1 Å². The largest absolute Gasteiger partial charge is 0.486 e. The average Bonchev–Trinajstić information content (AvgIpc) is 2.86. The smallest absolute Gasteiger partial charge is 0.319 e. The zero-order chi connectivity index (χ0) is 23.8. The summed E-state index contributed by atoms with van der Waals surface area (Å²) in [5.41, 5.74) is 1.43. The minimum absolute atomic E-state index is 0.0853. The van der Waals surface area contributed by atoms with Gasteiger partial charge in [-0.3, -0.25) is 9.59 Å². The van der Waals surface area contributed by atoms with Crippen LogP contribution in [0.5, 0.6) is 11.5 Å². The lowest BCUT2D eigenvalue weighted by molar-refractivity contribution is -0.134. The lowest BCUT2D eigenvalue weighted by atomic mass is 10.00. The Morgan fingerprint density at radius 2 is 1.79 bits per heavy atom. The molecule has 2 aliphatic rings. The van der Waals surface area contributed by atoms with Gasteiger partial charge in [0, 0.05) is 24.8 Å². The average molecular weight is 467 g/mol. The van der Waals surface area contributed by atoms with Crippen molar-refractivity contribution in [2.45, 2.75) is 31.7 Å². The number of hydrogen-bond donors (Lipinski definition) is 3. The van der Waals surface area contributed by atoms with Crippen molar-refractivity contribution in [2.24, 2.45) is 0 Å². The van der Waals surface area contributed by atoms with Gasteiger partial charge in [-0.05, 0) is 37.0 Å². The van der Waals surface area contributed by atoms with Crippen LogP contribution in [-0.2, 0) is 9.59 Å². The van der Waals surface area contributed by atoms with E-state index in [1.165, 1.54) is 0 Å². The summed E-state index contributed by atoms with van der Waals surface area (Å²) >= 11 is 0. The minimum atomic E-state index is -0.500. The Morgan fingerprint density at radius 1 is 1.00 bits per heavy atom. The van der Waals surface area contributed by atoms with E-state index in [0.717, 1.165) is 24.8 Å². The van der Waals surface area contributed by atoms with Gasteiger partial charge in [0.15, 0.2) is 11.5 Å². The Morgan fingerprint density at radius 3 is 2.62 bits per heavy atom. The van der Waals surface area contributed by atoms with E-state index in [0.29, 0.717) is 43.5 Å². The maximum absolute atomic E-state index is 13.2. The summed E-state index contributed by atoms with van der Waals surface area (Å²) in [6.45, 7) is 1.94. The zero-order valence-electron chi connectivity index (χ0n) is 19.0. The first kappa shape index (κ1) is 23.4. The number of ether oxygens (including phenoxy) is 2. The van der Waals surface area contributed by atoms with Crippen LogP contribution in [-0.4, -0.2) is 55.6 Å². The van der Waals surface area contributed by atoms with E-state index >= 15 is 0 Å². The molecule has 1 saturated heterocycles. The van der Waals surface area contributed by atoms with E-state index in [-0.39, 0.29) is 24.8 Å². The molecule has 9 nitrogen and oxygen atoms in total. The second-order valence-electron chi connectivity index (χ2n) is 8.29. The van der Waals surface area contributed by atoms with Crippen LogP contribution in [0.1, 0.15) is 37.3 Å². The third kappa shape index (κ3) is 6.18. The summed E-state index contributed by atoms with van der Waals surface area (Å²) in [7, 11) is 0. The molecular formula is C25H30N4O5. The standard InChI is InChI=1S/C25H30N4O5/c30-23-16-20(18-7-3-1-4-8-18)29(12-6-2-5-11-26-23)24(31)17-27-25(32)28-19-9-10-21-22(15-19)34-14-13-33-21/h1,3-4,7-10,15,20H,2,5-6,11-14,16-17H2,(H,26,30)(H2,27,28,32). The highest BCUT2D eigenvalue weighted by Gasteiger charge is 2.28. The van der Waals surface area contributed by atoms with Crippen LogP contribution < -0.4 is 25.4 Å². The number of anilines is 1. The normalized spacial score (nSPS) is 18.4. The molecule has 180 valence electrons. The fourth-order valence-corrected chi connectivity index (χ4v) is 4.15. The Bertz CT molecular complexity index is 1010. The van der Waals surface area contributed by atoms with Crippen molar-refractivity contribution >= 4 is 23.5 Å². The molecule has 0 radical (unpaired) electrons. The quantitative estimate of drug-likeness (QED) is 0.642. The third-order valence-electron chi connectivity index (χ3n) is 5.86. The predicted octanol–water partition coefficient (Wildman–Crippen LogP) is 2.84. The first-order chi connectivity index (χ1) is 16.6. The van der Waals surface area contributed by atoms with Crippen molar-refractivity contribution in [3.05, 3.63) is 54.1 Å². The molecule has 0 aliphatic carbocycles. The first-order valence-corrected chi connectivity index (χ1v) is 11.7. The second kappa shape index (κ2) is 11.4. The summed E-state index contributed by atoms with van der Waals surface area (Å²) in [5.74, 6) is 0.876. The van der Waals surface area contributed by atoms with E-state index in [2.05, 4.69) is 16.0 Å². The summed E-state index contributed by atoms with van der Waals surface area (Å²) in [4.78, 5) is 39.9. The number of hydrogen-bond acceptors (Lipinski definition) is 5. The molecule has 34 heavy (non-hydrogen) atoms. The zero-order valence-corrected chi connectivity index (χ0v) is 19.0. The number of rotatable bonds is 4. The molecule has 2 aliphatic heterocycles. The van der Waals surface area contributed by atoms with Crippen LogP contribution in [0, 0.1) is 0 Å². The van der Waals surface area contributed by atoms with Gasteiger partial charge < -0.3 is 30.3 Å². The first-order valence-electron chi connectivity index (χ1n) is 11.7. The lowest BCUT2D eigenvalue weighted by Gasteiger charge is -2.33. The van der Waals surface area contributed by atoms with Gasteiger partial charge in [0.1, 0.15) is 13.2 Å². The topological polar surface area (TPSA) is 109 Å². The molecule has 0 bridgehead atoms. The molecule has 1 fully saturated rings. The van der Waals surface area contributed by atoms with Crippen molar-refractivity contribution in [1.82, 2.24) is 15.5 Å². The number of carbonyl (C=O) groups is 3. The fourth-order valence-electron chi connectivity index (χ4n) is 4.15. The van der Waals surface area contributed by atoms with Crippen molar-refractivity contribution < 1.29 is 23.9 Å². The number of benzene rings is 2. The Labute approximate surface area is 198 Å². The van der Waals surface area contributed by atoms with E-state index in [1.54, 1.807) is 23.1 Å². The minimum Gasteiger partial charge on any atom is -0.486 e. The van der Waals surface area contributed by atoms with Gasteiger partial charge in [0.05, 0.1) is 19.0 Å². The maximum Gasteiger partial charge on any atom is 0.319 e. The molecule has 4 amide bonds. The Hall–Kier alpha value is -3.75. The maximum atomic E-state index is 13.2. The van der Waals surface area contributed by atoms with Crippen LogP contribution in [0.3, 0.4) is 0 Å². The van der Waals surface area contributed by atoms with Gasteiger partial charge in [0.25, 0.3) is 0 Å². The molecule has 4 rings (SSSR count). The number of carbonyl (C=O) groups excluding carboxylic acids is 3. The summed E-state index contributed by atoms with van der Waals surface area (Å²) in [6.07, 6.45) is 2.79. The highest BCUT2D eigenvalue weighted by Crippen LogP contribution is 2.32. The molecule has 0 spiro atoms. The van der Waals surface area contributed by atoms with Gasteiger partial charge in [-0.2, -0.15) is 0 Å². The number of urea groups is 1. The van der Waals surface area contributed by atoms with Crippen molar-refractivity contribution in [2.75, 3.05) is 38.2 Å². The van der Waals surface area contributed by atoms with Crippen molar-refractivity contribution in [3.8, 4) is 11.5 Å². The van der Waals surface area contributed by atoms with Crippen LogP contribution in [0.2, 0.25) is 0 Å². The Kier molecular flexibility index (Phi) is 7.85. The summed E-state index contributed by atoms with van der Waals surface area (Å²) in [5, 5.41) is 8.30. The molecule has 0 saturated carbocycles. The summed E-state index contributed by atoms with van der Waals surface area (Å²) < 4.78 is 11.0. The van der Waals surface area contributed by atoms with Gasteiger partial charge in [0.2, 0.25) is 11.8 Å². The molecule has 3 N–H and O–H groups in total. The van der Waals surface area contributed by atoms with E-state index in [1.807, 2.05) is 30.3 Å². The molecule has 9 heteroatoms. The van der Waals surface area contributed by atoms with Crippen molar-refractivity contribution in [1.29, 1.82) is 0 Å². The fraction of sp³-hybridized carbons (Fsp3) is 0.400. The summed E-state index contributed by atoms with van der Waals surface area (Å²) in [6, 6.07) is 13.8. The van der Waals surface area contributed by atoms with Crippen molar-refractivity contribution in [3.63, 3.8) is 0 Å². The highest BCUT2D eigenvalue weighted by molar-refractivity contribution is 5.92. The molecule has 2 heterocycles. The molecular weight excluding hydrogens is 436 g/mol. The van der Waals surface area contributed by atoms with E-state index in [9.17, 15) is 14.4 Å². The highest BCUT2D eigenvalue weighted by atomic mass is 16.6. The number of nitrogens with zero attached hydrogens (tertiary/aromatic N) is 1. The number of amides is 4. The van der Waals surface area contributed by atoms with Crippen LogP contribution in [0.25, 0.3) is 0 Å². The SMILES string of the molecule is O=C1CC(c2ccccc2)N(C(=O)CNC(=O)Nc2ccc3c(c2)OCCO3)CCCCCN1. The molecule has 2 aromatic rings. The Balaban J connectivity index is 1.41. The van der Waals surface area contributed by atoms with Gasteiger partial charge >= 0.3 is 6.03 Å². The monoisotopic (exact) mass is 466 g/mol. The second-order valence-corrected chi connectivity index (χ2v) is 8.29. The van der Waals surface area contributed by atoms with Crippen LogP contribution in [0.15, 0.2) is 48.5 Å². The third-order valence-corrected chi connectivity index (χ3v) is 5.86. The van der Waals surface area contributed by atoms with E-state index in [4.69, 9.17) is 9.47 Å².